The van der Waals surface area contributed by atoms with Crippen molar-refractivity contribution in [2.24, 2.45) is 0 Å². The summed E-state index contributed by atoms with van der Waals surface area (Å²) in [5, 5.41) is 11.3. The Bertz CT molecular complexity index is 504. The van der Waals surface area contributed by atoms with Crippen LogP contribution in [0.15, 0.2) is 30.3 Å². The number of hydrogen-bond donors (Lipinski definition) is 2. The quantitative estimate of drug-likeness (QED) is 0.817. The van der Waals surface area contributed by atoms with Crippen molar-refractivity contribution in [3.8, 4) is 0 Å². The predicted molar refractivity (Wildman–Crippen MR) is 72.9 cm³/mol. The van der Waals surface area contributed by atoms with E-state index in [1.165, 1.54) is 6.08 Å². The minimum Gasteiger partial charge on any atom is -0.478 e. The number of amides is 2. The monoisotopic (exact) mass is 260 g/mol. The minimum absolute atomic E-state index is 0.115. The van der Waals surface area contributed by atoms with Crippen LogP contribution in [0.5, 0.6) is 0 Å². The molecule has 1 aliphatic rings. The van der Waals surface area contributed by atoms with Gasteiger partial charge in [0.2, 0.25) is 0 Å². The Hall–Kier alpha value is -2.30. The van der Waals surface area contributed by atoms with Gasteiger partial charge in [0.1, 0.15) is 0 Å². The van der Waals surface area contributed by atoms with Crippen molar-refractivity contribution in [3.05, 3.63) is 35.9 Å². The van der Waals surface area contributed by atoms with Crippen LogP contribution in [-0.2, 0) is 4.79 Å². The molecule has 100 valence electrons. The third-order valence-corrected chi connectivity index (χ3v) is 3.00. The van der Waals surface area contributed by atoms with Gasteiger partial charge in [0.25, 0.3) is 0 Å². The summed E-state index contributed by atoms with van der Waals surface area (Å²) in [5.74, 6) is -0.983. The molecule has 0 atom stereocenters. The van der Waals surface area contributed by atoms with Gasteiger partial charge < -0.3 is 15.3 Å². The van der Waals surface area contributed by atoms with Crippen molar-refractivity contribution in [2.75, 3.05) is 12.4 Å². The van der Waals surface area contributed by atoms with E-state index in [9.17, 15) is 9.59 Å². The minimum atomic E-state index is -0.983. The van der Waals surface area contributed by atoms with E-state index in [0.717, 1.165) is 24.5 Å². The van der Waals surface area contributed by atoms with Crippen LogP contribution in [0.2, 0.25) is 0 Å². The van der Waals surface area contributed by atoms with Crippen LogP contribution in [0, 0.1) is 0 Å². The number of aliphatic carboxylic acids is 1. The first-order valence-electron chi connectivity index (χ1n) is 6.11. The summed E-state index contributed by atoms with van der Waals surface area (Å²) in [6.07, 6.45) is 4.73. The zero-order chi connectivity index (χ0) is 13.8. The molecule has 19 heavy (non-hydrogen) atoms. The van der Waals surface area contributed by atoms with Gasteiger partial charge in [0, 0.05) is 24.9 Å². The van der Waals surface area contributed by atoms with Gasteiger partial charge >= 0.3 is 12.0 Å². The van der Waals surface area contributed by atoms with Crippen LogP contribution in [0.25, 0.3) is 6.08 Å². The molecule has 1 fully saturated rings. The van der Waals surface area contributed by atoms with Crippen molar-refractivity contribution in [3.63, 3.8) is 0 Å². The average molecular weight is 260 g/mol. The summed E-state index contributed by atoms with van der Waals surface area (Å²) in [6, 6.07) is 7.27. The summed E-state index contributed by atoms with van der Waals surface area (Å²) in [5.41, 5.74) is 1.47. The van der Waals surface area contributed by atoms with Crippen molar-refractivity contribution in [1.82, 2.24) is 4.90 Å². The van der Waals surface area contributed by atoms with E-state index in [1.807, 2.05) is 0 Å². The molecule has 0 radical (unpaired) electrons. The Balaban J connectivity index is 1.94. The zero-order valence-corrected chi connectivity index (χ0v) is 10.7. The highest BCUT2D eigenvalue weighted by molar-refractivity contribution is 5.90. The lowest BCUT2D eigenvalue weighted by Gasteiger charge is -2.17. The lowest BCUT2D eigenvalue weighted by Crippen LogP contribution is -2.32. The maximum Gasteiger partial charge on any atom is 0.328 e. The van der Waals surface area contributed by atoms with E-state index in [-0.39, 0.29) is 6.03 Å². The highest BCUT2D eigenvalue weighted by atomic mass is 16.4. The van der Waals surface area contributed by atoms with Crippen molar-refractivity contribution in [1.29, 1.82) is 0 Å². The van der Waals surface area contributed by atoms with Crippen LogP contribution in [0.3, 0.4) is 0 Å². The number of rotatable bonds is 4. The zero-order valence-electron chi connectivity index (χ0n) is 10.7. The van der Waals surface area contributed by atoms with Crippen molar-refractivity contribution >= 4 is 23.8 Å². The first kappa shape index (κ1) is 13.1. The summed E-state index contributed by atoms with van der Waals surface area (Å²) >= 11 is 0. The second-order valence-electron chi connectivity index (χ2n) is 4.57. The normalized spacial score (nSPS) is 14.4. The lowest BCUT2D eigenvalue weighted by atomic mass is 10.2. The summed E-state index contributed by atoms with van der Waals surface area (Å²) in [6.45, 7) is 0. The molecular weight excluding hydrogens is 244 g/mol. The fraction of sp³-hybridized carbons (Fsp3) is 0.286. The molecule has 5 nitrogen and oxygen atoms in total. The number of urea groups is 1. The first-order valence-corrected chi connectivity index (χ1v) is 6.11. The molecule has 0 heterocycles. The fourth-order valence-corrected chi connectivity index (χ4v) is 1.68. The second-order valence-corrected chi connectivity index (χ2v) is 4.57. The van der Waals surface area contributed by atoms with Crippen molar-refractivity contribution in [2.45, 2.75) is 18.9 Å². The predicted octanol–water partition coefficient (Wildman–Crippen LogP) is 2.41. The van der Waals surface area contributed by atoms with Crippen LogP contribution < -0.4 is 5.32 Å². The third-order valence-electron chi connectivity index (χ3n) is 3.00. The number of nitrogens with one attached hydrogen (secondary N) is 1. The molecule has 0 saturated heterocycles. The smallest absolute Gasteiger partial charge is 0.328 e. The molecule has 2 amide bonds. The van der Waals surface area contributed by atoms with Gasteiger partial charge in [-0.2, -0.15) is 0 Å². The number of carbonyl (C=O) groups excluding carboxylic acids is 1. The van der Waals surface area contributed by atoms with E-state index in [2.05, 4.69) is 5.32 Å². The first-order chi connectivity index (χ1) is 9.06. The highest BCUT2D eigenvalue weighted by Gasteiger charge is 2.29. The van der Waals surface area contributed by atoms with E-state index >= 15 is 0 Å². The summed E-state index contributed by atoms with van der Waals surface area (Å²) in [4.78, 5) is 23.9. The molecule has 1 saturated carbocycles. The molecule has 5 heteroatoms. The van der Waals surface area contributed by atoms with E-state index < -0.39 is 5.97 Å². The molecule has 1 aromatic rings. The van der Waals surface area contributed by atoms with Gasteiger partial charge in [0.15, 0.2) is 0 Å². The number of hydrogen-bond acceptors (Lipinski definition) is 2. The Labute approximate surface area is 111 Å². The van der Waals surface area contributed by atoms with Gasteiger partial charge in [-0.3, -0.25) is 0 Å². The number of nitrogens with zero attached hydrogens (tertiary/aromatic N) is 1. The standard InChI is InChI=1S/C14H16N2O3/c1-16(12-7-8-12)14(19)15-11-5-2-10(3-6-11)4-9-13(17)18/h2-6,9,12H,7-8H2,1H3,(H,15,19)(H,17,18)/b9-4+. The molecule has 2 rings (SSSR count). The van der Waals surface area contributed by atoms with Gasteiger partial charge in [-0.05, 0) is 36.6 Å². The van der Waals surface area contributed by atoms with Crippen molar-refractivity contribution < 1.29 is 14.7 Å². The van der Waals surface area contributed by atoms with Crippen LogP contribution >= 0.6 is 0 Å². The number of carboxylic acids is 1. The van der Waals surface area contributed by atoms with Gasteiger partial charge in [-0.1, -0.05) is 12.1 Å². The molecule has 0 unspecified atom stereocenters. The molecule has 0 aliphatic heterocycles. The Morgan fingerprint density at radius 2 is 1.95 bits per heavy atom. The third kappa shape index (κ3) is 3.84. The molecular formula is C14H16N2O3. The van der Waals surface area contributed by atoms with Gasteiger partial charge in [-0.15, -0.1) is 0 Å². The Kier molecular flexibility index (Phi) is 3.85. The topological polar surface area (TPSA) is 69.6 Å². The molecule has 2 N–H and O–H groups in total. The van der Waals surface area contributed by atoms with Crippen LogP contribution in [-0.4, -0.2) is 35.1 Å². The maximum atomic E-state index is 11.8. The summed E-state index contributed by atoms with van der Waals surface area (Å²) in [7, 11) is 1.79. The highest BCUT2D eigenvalue weighted by Crippen LogP contribution is 2.25. The largest absolute Gasteiger partial charge is 0.478 e. The van der Waals surface area contributed by atoms with Gasteiger partial charge in [-0.25, -0.2) is 9.59 Å². The van der Waals surface area contributed by atoms with E-state index in [1.54, 1.807) is 36.2 Å². The number of carboxylic acid groups (broad SMARTS) is 1. The molecule has 0 spiro atoms. The second kappa shape index (κ2) is 5.56. The Morgan fingerprint density at radius 1 is 1.32 bits per heavy atom. The summed E-state index contributed by atoms with van der Waals surface area (Å²) < 4.78 is 0. The van der Waals surface area contributed by atoms with E-state index in [4.69, 9.17) is 5.11 Å². The van der Waals surface area contributed by atoms with Crippen LogP contribution in [0.1, 0.15) is 18.4 Å². The Morgan fingerprint density at radius 3 is 2.47 bits per heavy atom. The number of anilines is 1. The number of carbonyl (C=O) groups is 2. The molecule has 1 aromatic carbocycles. The molecule has 0 bridgehead atoms. The maximum absolute atomic E-state index is 11.8. The van der Waals surface area contributed by atoms with E-state index in [0.29, 0.717) is 11.7 Å². The van der Waals surface area contributed by atoms with Crippen LogP contribution in [0.4, 0.5) is 10.5 Å². The number of benzene rings is 1. The fourth-order valence-electron chi connectivity index (χ4n) is 1.68. The van der Waals surface area contributed by atoms with Gasteiger partial charge in [0.05, 0.1) is 0 Å². The SMILES string of the molecule is CN(C(=O)Nc1ccc(/C=C/C(=O)O)cc1)C1CC1. The lowest BCUT2D eigenvalue weighted by molar-refractivity contribution is -0.131. The average Bonchev–Trinajstić information content (AvgIpc) is 3.21. The molecule has 0 aromatic heterocycles. The molecule has 1 aliphatic carbocycles.